The van der Waals surface area contributed by atoms with Gasteiger partial charge < -0.3 is 4.89 Å². The summed E-state index contributed by atoms with van der Waals surface area (Å²) in [6, 6.07) is 15.7. The molecule has 1 saturated carbocycles. The van der Waals surface area contributed by atoms with Crippen LogP contribution in [0.3, 0.4) is 0 Å². The number of rotatable bonds is 5. The van der Waals surface area contributed by atoms with Gasteiger partial charge in [-0.1, -0.05) is 41.9 Å². The Kier molecular flexibility index (Phi) is 4.59. The van der Waals surface area contributed by atoms with Crippen LogP contribution >= 0.6 is 19.5 Å². The Labute approximate surface area is 154 Å². The van der Waals surface area contributed by atoms with Gasteiger partial charge in [0.25, 0.3) is 0 Å². The zero-order chi connectivity index (χ0) is 17.4. The molecule has 3 nitrogen and oxygen atoms in total. The zero-order valence-electron chi connectivity index (χ0n) is 14.2. The van der Waals surface area contributed by atoms with E-state index in [0.717, 1.165) is 29.7 Å². The van der Waals surface area contributed by atoms with Crippen molar-refractivity contribution in [2.75, 3.05) is 6.61 Å². The first-order valence-electron chi connectivity index (χ1n) is 8.70. The maximum absolute atomic E-state index is 14.1. The second-order valence-corrected chi connectivity index (χ2v) is 9.23. The molecule has 1 aliphatic carbocycles. The van der Waals surface area contributed by atoms with E-state index in [4.69, 9.17) is 16.1 Å². The van der Waals surface area contributed by atoms with Crippen molar-refractivity contribution in [2.24, 2.45) is 5.92 Å². The van der Waals surface area contributed by atoms with Crippen molar-refractivity contribution in [2.45, 2.75) is 26.3 Å². The average Bonchev–Trinajstić information content (AvgIpc) is 3.44. The maximum atomic E-state index is 14.1. The van der Waals surface area contributed by atoms with E-state index in [-0.39, 0.29) is 0 Å². The number of hydrogen-bond acceptors (Lipinski definition) is 3. The molecule has 1 aliphatic heterocycles. The number of benzene rings is 2. The van der Waals surface area contributed by atoms with Gasteiger partial charge >= 0.3 is 0 Å². The van der Waals surface area contributed by atoms with Crippen LogP contribution in [0, 0.1) is 5.92 Å². The van der Waals surface area contributed by atoms with E-state index in [2.05, 4.69) is 18.2 Å². The molecule has 0 bridgehead atoms. The summed E-state index contributed by atoms with van der Waals surface area (Å²) in [5.74, 6) is 0.473. The summed E-state index contributed by atoms with van der Waals surface area (Å²) in [4.78, 5) is 14.1. The number of hydrogen-bond donors (Lipinski definition) is 0. The van der Waals surface area contributed by atoms with Crippen molar-refractivity contribution >= 4 is 30.8 Å². The third-order valence-electron chi connectivity index (χ3n) is 4.69. The van der Waals surface area contributed by atoms with Crippen LogP contribution < -0.4 is 10.2 Å². The number of allylic oxidation sites excluding steroid dienone is 1. The standard InChI is InChI=1S/C20H21ClNO2P/c1-2-24-25(23)20-13-18(21)11-10-17(20)12-19(16-8-9-16)22(25)14-15-6-4-3-5-7-15/h3-7,10-13,16H,2,8-9,14H2,1H3. The summed E-state index contributed by atoms with van der Waals surface area (Å²) in [7, 11) is -3.20. The highest BCUT2D eigenvalue weighted by atomic mass is 35.5. The van der Waals surface area contributed by atoms with E-state index >= 15 is 0 Å². The van der Waals surface area contributed by atoms with E-state index < -0.39 is 7.87 Å². The first kappa shape index (κ1) is 17.1. The molecule has 1 heterocycles. The summed E-state index contributed by atoms with van der Waals surface area (Å²) in [5, 5.41) is 1.30. The third kappa shape index (κ3) is 3.22. The molecule has 0 aromatic heterocycles. The van der Waals surface area contributed by atoms with Crippen molar-refractivity contribution in [3.8, 4) is 0 Å². The van der Waals surface area contributed by atoms with Crippen molar-refractivity contribution in [3.63, 3.8) is 0 Å². The van der Waals surface area contributed by atoms with Crippen LogP contribution in [0.4, 0.5) is 0 Å². The predicted octanol–water partition coefficient (Wildman–Crippen LogP) is 4.39. The molecule has 0 spiro atoms. The van der Waals surface area contributed by atoms with Crippen LogP contribution in [0.5, 0.6) is 0 Å². The lowest BCUT2D eigenvalue weighted by molar-refractivity contribution is -0.200. The normalized spacial score (nSPS) is 22.5. The van der Waals surface area contributed by atoms with Gasteiger partial charge in [0.05, 0.1) is 18.8 Å². The Hall–Kier alpha value is -1.38. The number of nitrogens with zero attached hydrogens (tertiary/aromatic N) is 1. The van der Waals surface area contributed by atoms with Gasteiger partial charge in [-0.2, -0.15) is 0 Å². The highest BCUT2D eigenvalue weighted by molar-refractivity contribution is 7.70. The molecule has 4 rings (SSSR count). The van der Waals surface area contributed by atoms with E-state index in [1.54, 1.807) is 6.07 Å². The van der Waals surface area contributed by atoms with Crippen molar-refractivity contribution in [1.82, 2.24) is 4.67 Å². The lowest BCUT2D eigenvalue weighted by atomic mass is 10.1. The molecule has 1 fully saturated rings. The minimum Gasteiger partial charge on any atom is -0.633 e. The Morgan fingerprint density at radius 2 is 1.96 bits per heavy atom. The van der Waals surface area contributed by atoms with Crippen LogP contribution in [0.25, 0.3) is 6.08 Å². The van der Waals surface area contributed by atoms with Gasteiger partial charge in [0, 0.05) is 22.6 Å². The van der Waals surface area contributed by atoms with Crippen LogP contribution in [0.15, 0.2) is 54.2 Å². The van der Waals surface area contributed by atoms with Crippen molar-refractivity contribution in [1.29, 1.82) is 0 Å². The molecule has 0 saturated heterocycles. The van der Waals surface area contributed by atoms with Gasteiger partial charge in [-0.25, -0.2) is 9.19 Å². The summed E-state index contributed by atoms with van der Waals surface area (Å²) >= 11 is 6.21. The molecular formula is C20H21ClNO2P. The van der Waals surface area contributed by atoms with Gasteiger partial charge in [0.15, 0.2) is 5.30 Å². The molecule has 25 heavy (non-hydrogen) atoms. The lowest BCUT2D eigenvalue weighted by Gasteiger charge is -2.43. The van der Waals surface area contributed by atoms with Gasteiger partial charge in [-0.05, 0) is 43.5 Å². The average molecular weight is 374 g/mol. The van der Waals surface area contributed by atoms with E-state index in [9.17, 15) is 4.89 Å². The predicted molar refractivity (Wildman–Crippen MR) is 102 cm³/mol. The SMILES string of the molecule is CCO[P+]1([O-])c2cc(Cl)ccc2C=C(C2CC2)N1Cc1ccccc1. The topological polar surface area (TPSA) is 35.5 Å². The van der Waals surface area contributed by atoms with E-state index in [1.807, 2.05) is 41.9 Å². The second kappa shape index (κ2) is 6.74. The molecular weight excluding hydrogens is 353 g/mol. The quantitative estimate of drug-likeness (QED) is 0.729. The summed E-state index contributed by atoms with van der Waals surface area (Å²) in [6.07, 6.45) is 4.46. The maximum Gasteiger partial charge on any atom is 0.230 e. The fourth-order valence-electron chi connectivity index (χ4n) is 3.36. The molecule has 1 unspecified atom stereocenters. The van der Waals surface area contributed by atoms with Crippen LogP contribution in [0.2, 0.25) is 5.02 Å². The Bertz CT molecular complexity index is 807. The Balaban J connectivity index is 1.83. The first-order chi connectivity index (χ1) is 12.1. The smallest absolute Gasteiger partial charge is 0.230 e. The molecule has 0 radical (unpaired) electrons. The number of halogens is 1. The zero-order valence-corrected chi connectivity index (χ0v) is 15.8. The molecule has 0 N–H and O–H groups in total. The van der Waals surface area contributed by atoms with Gasteiger partial charge in [-0.15, -0.1) is 0 Å². The summed E-state index contributed by atoms with van der Waals surface area (Å²) < 4.78 is 7.93. The van der Waals surface area contributed by atoms with Crippen LogP contribution in [0.1, 0.15) is 30.9 Å². The molecule has 130 valence electrons. The molecule has 2 aromatic rings. The Morgan fingerprint density at radius 3 is 2.64 bits per heavy atom. The van der Waals surface area contributed by atoms with Gasteiger partial charge in [0.1, 0.15) is 0 Å². The highest BCUT2D eigenvalue weighted by Gasteiger charge is 2.48. The van der Waals surface area contributed by atoms with Crippen molar-refractivity contribution in [3.05, 3.63) is 70.4 Å². The number of fused-ring (bicyclic) bond motifs is 1. The van der Waals surface area contributed by atoms with Crippen LogP contribution in [-0.2, 0) is 11.1 Å². The molecule has 2 aromatic carbocycles. The fourth-order valence-corrected chi connectivity index (χ4v) is 6.14. The molecule has 5 heteroatoms. The van der Waals surface area contributed by atoms with E-state index in [0.29, 0.717) is 29.4 Å². The van der Waals surface area contributed by atoms with E-state index in [1.165, 1.54) is 0 Å². The summed E-state index contributed by atoms with van der Waals surface area (Å²) in [6.45, 7) is 2.86. The second-order valence-electron chi connectivity index (χ2n) is 6.53. The van der Waals surface area contributed by atoms with Gasteiger partial charge in [-0.3, -0.25) is 0 Å². The molecule has 2 aliphatic rings. The molecule has 0 amide bonds. The highest BCUT2D eigenvalue weighted by Crippen LogP contribution is 2.62. The van der Waals surface area contributed by atoms with Crippen molar-refractivity contribution < 1.29 is 9.42 Å². The lowest BCUT2D eigenvalue weighted by Crippen LogP contribution is -2.42. The largest absolute Gasteiger partial charge is 0.633 e. The first-order valence-corrected chi connectivity index (χ1v) is 10.7. The van der Waals surface area contributed by atoms with Gasteiger partial charge in [0.2, 0.25) is 7.87 Å². The molecule has 1 atom stereocenters. The third-order valence-corrected chi connectivity index (χ3v) is 7.54. The monoisotopic (exact) mass is 373 g/mol. The minimum absolute atomic E-state index is 0.395. The fraction of sp³-hybridized carbons (Fsp3) is 0.300. The minimum atomic E-state index is -3.20. The Morgan fingerprint density at radius 1 is 1.20 bits per heavy atom. The van der Waals surface area contributed by atoms with Crippen LogP contribution in [-0.4, -0.2) is 11.3 Å². The summed E-state index contributed by atoms with van der Waals surface area (Å²) in [5.41, 5.74) is 3.22.